The molecule has 1 saturated heterocycles. The van der Waals surface area contributed by atoms with Crippen LogP contribution in [-0.2, 0) is 9.53 Å². The third-order valence-electron chi connectivity index (χ3n) is 4.07. The van der Waals surface area contributed by atoms with Gasteiger partial charge < -0.3 is 10.1 Å². The predicted octanol–water partition coefficient (Wildman–Crippen LogP) is 2.00. The molecular weight excluding hydrogens is 228 g/mol. The number of carbonyl (C=O) groups excluding carboxylic acids is 1. The first-order chi connectivity index (χ1) is 8.66. The maximum absolute atomic E-state index is 12.0. The Morgan fingerprint density at radius 2 is 2.28 bits per heavy atom. The second kappa shape index (κ2) is 5.71. The predicted molar refractivity (Wildman–Crippen MR) is 67.7 cm³/mol. The van der Waals surface area contributed by atoms with Crippen molar-refractivity contribution in [2.24, 2.45) is 11.3 Å². The van der Waals surface area contributed by atoms with Crippen molar-refractivity contribution in [3.8, 4) is 6.07 Å². The molecule has 1 atom stereocenters. The minimum atomic E-state index is -0.743. The second-order valence-corrected chi connectivity index (χ2v) is 5.74. The smallest absolute Gasteiger partial charge is 0.240 e. The molecule has 0 aromatic carbocycles. The molecule has 0 aromatic rings. The Hall–Kier alpha value is -1.08. The lowest BCUT2D eigenvalue weighted by atomic mass is 9.63. The fraction of sp³-hybridized carbons (Fsp3) is 0.857. The van der Waals surface area contributed by atoms with Crippen LogP contribution in [0.4, 0.5) is 0 Å². The second-order valence-electron chi connectivity index (χ2n) is 5.74. The number of hydrogen-bond acceptors (Lipinski definition) is 3. The number of amides is 1. The average Bonchev–Trinajstić information content (AvgIpc) is 2.36. The summed E-state index contributed by atoms with van der Waals surface area (Å²) in [6.45, 7) is 3.55. The molecule has 100 valence electrons. The first-order valence-corrected chi connectivity index (χ1v) is 6.97. The quantitative estimate of drug-likeness (QED) is 0.830. The van der Waals surface area contributed by atoms with Crippen molar-refractivity contribution in [3.05, 3.63) is 0 Å². The van der Waals surface area contributed by atoms with Crippen LogP contribution < -0.4 is 5.32 Å². The molecule has 1 unspecified atom stereocenters. The molecule has 0 bridgehead atoms. The van der Waals surface area contributed by atoms with E-state index in [0.717, 1.165) is 25.9 Å². The van der Waals surface area contributed by atoms with Gasteiger partial charge in [-0.05, 0) is 44.4 Å². The van der Waals surface area contributed by atoms with Crippen LogP contribution in [0.2, 0.25) is 0 Å². The first kappa shape index (κ1) is 13.4. The Balaban J connectivity index is 1.70. The zero-order valence-corrected chi connectivity index (χ0v) is 11.1. The molecule has 4 nitrogen and oxygen atoms in total. The normalized spacial score (nSPS) is 35.3. The van der Waals surface area contributed by atoms with E-state index in [4.69, 9.17) is 10.00 Å². The van der Waals surface area contributed by atoms with Gasteiger partial charge in [0.15, 0.2) is 0 Å². The molecule has 1 aliphatic heterocycles. The van der Waals surface area contributed by atoms with Crippen LogP contribution in [0.25, 0.3) is 0 Å². The Morgan fingerprint density at radius 1 is 1.50 bits per heavy atom. The summed E-state index contributed by atoms with van der Waals surface area (Å²) in [5, 5.41) is 12.0. The van der Waals surface area contributed by atoms with Gasteiger partial charge >= 0.3 is 0 Å². The summed E-state index contributed by atoms with van der Waals surface area (Å²) >= 11 is 0. The van der Waals surface area contributed by atoms with Crippen LogP contribution in [0.3, 0.4) is 0 Å². The maximum atomic E-state index is 12.0. The minimum absolute atomic E-state index is 0.0843. The summed E-state index contributed by atoms with van der Waals surface area (Å²) in [5.41, 5.74) is -0.743. The van der Waals surface area contributed by atoms with Crippen molar-refractivity contribution >= 4 is 5.91 Å². The summed E-state index contributed by atoms with van der Waals surface area (Å²) in [5.74, 6) is 0.413. The molecule has 0 aromatic heterocycles. The highest BCUT2D eigenvalue weighted by Crippen LogP contribution is 2.44. The molecule has 1 N–H and O–H groups in total. The summed E-state index contributed by atoms with van der Waals surface area (Å²) in [4.78, 5) is 12.0. The molecule has 18 heavy (non-hydrogen) atoms. The van der Waals surface area contributed by atoms with Crippen molar-refractivity contribution in [3.63, 3.8) is 0 Å². The van der Waals surface area contributed by atoms with Crippen LogP contribution in [0.5, 0.6) is 0 Å². The zero-order valence-electron chi connectivity index (χ0n) is 11.1. The molecule has 0 spiro atoms. The van der Waals surface area contributed by atoms with Gasteiger partial charge in [0.05, 0.1) is 12.2 Å². The van der Waals surface area contributed by atoms with Gasteiger partial charge in [-0.3, -0.25) is 4.79 Å². The highest BCUT2D eigenvalue weighted by Gasteiger charge is 2.48. The lowest BCUT2D eigenvalue weighted by Gasteiger charge is -2.39. The minimum Gasteiger partial charge on any atom is -0.378 e. The molecule has 1 amide bonds. The first-order valence-electron chi connectivity index (χ1n) is 6.97. The van der Waals surface area contributed by atoms with E-state index in [9.17, 15) is 4.79 Å². The summed E-state index contributed by atoms with van der Waals surface area (Å²) in [7, 11) is 0. The van der Waals surface area contributed by atoms with Crippen LogP contribution in [0.15, 0.2) is 0 Å². The van der Waals surface area contributed by atoms with E-state index in [-0.39, 0.29) is 12.0 Å². The van der Waals surface area contributed by atoms with Crippen molar-refractivity contribution in [2.45, 2.75) is 51.6 Å². The third-order valence-corrected chi connectivity index (χ3v) is 4.07. The van der Waals surface area contributed by atoms with Gasteiger partial charge in [0.2, 0.25) is 5.91 Å². The van der Waals surface area contributed by atoms with Crippen molar-refractivity contribution in [1.82, 2.24) is 5.32 Å². The highest BCUT2D eigenvalue weighted by molar-refractivity contribution is 5.86. The van der Waals surface area contributed by atoms with Gasteiger partial charge in [0, 0.05) is 13.2 Å². The number of nitrogens with one attached hydrogen (secondary N) is 1. The van der Waals surface area contributed by atoms with Gasteiger partial charge in [-0.15, -0.1) is 0 Å². The largest absolute Gasteiger partial charge is 0.378 e. The third kappa shape index (κ3) is 2.84. The molecular formula is C14H22N2O2. The molecule has 2 fully saturated rings. The number of hydrogen-bond donors (Lipinski definition) is 1. The monoisotopic (exact) mass is 250 g/mol. The molecule has 4 heteroatoms. The number of rotatable bonds is 4. The maximum Gasteiger partial charge on any atom is 0.240 e. The molecule has 2 rings (SSSR count). The fourth-order valence-electron chi connectivity index (χ4n) is 3.01. The SMILES string of the molecule is CC1CC(C#N)(C(=O)NCCC2CCCCO2)C1. The number of nitrogens with zero attached hydrogens (tertiary/aromatic N) is 1. The Labute approximate surface area is 109 Å². The topological polar surface area (TPSA) is 62.1 Å². The van der Waals surface area contributed by atoms with E-state index < -0.39 is 5.41 Å². The van der Waals surface area contributed by atoms with Crippen molar-refractivity contribution in [2.75, 3.05) is 13.2 Å². The number of carbonyl (C=O) groups is 1. The molecule has 1 heterocycles. The van der Waals surface area contributed by atoms with E-state index >= 15 is 0 Å². The molecule has 2 aliphatic rings. The summed E-state index contributed by atoms with van der Waals surface area (Å²) in [6, 6.07) is 2.19. The van der Waals surface area contributed by atoms with Gasteiger partial charge in [-0.1, -0.05) is 6.92 Å². The summed E-state index contributed by atoms with van der Waals surface area (Å²) < 4.78 is 5.61. The highest BCUT2D eigenvalue weighted by atomic mass is 16.5. The Morgan fingerprint density at radius 3 is 2.83 bits per heavy atom. The molecule has 1 aliphatic carbocycles. The van der Waals surface area contributed by atoms with Crippen molar-refractivity contribution in [1.29, 1.82) is 5.26 Å². The van der Waals surface area contributed by atoms with Crippen LogP contribution in [0, 0.1) is 22.7 Å². The van der Waals surface area contributed by atoms with Gasteiger partial charge in [0.1, 0.15) is 5.41 Å². The van der Waals surface area contributed by atoms with Crippen LogP contribution >= 0.6 is 0 Å². The summed E-state index contributed by atoms with van der Waals surface area (Å²) in [6.07, 6.45) is 6.03. The lowest BCUT2D eigenvalue weighted by molar-refractivity contribution is -0.134. The zero-order chi connectivity index (χ0) is 13.0. The molecule has 1 saturated carbocycles. The van der Waals surface area contributed by atoms with Gasteiger partial charge in [-0.2, -0.15) is 5.26 Å². The lowest BCUT2D eigenvalue weighted by Crippen LogP contribution is -2.48. The average molecular weight is 250 g/mol. The standard InChI is InChI=1S/C14H22N2O2/c1-11-8-14(9-11,10-15)13(17)16-6-5-12-4-2-3-7-18-12/h11-12H,2-9H2,1H3,(H,16,17). The fourth-order valence-corrected chi connectivity index (χ4v) is 3.01. The van der Waals surface area contributed by atoms with E-state index in [1.54, 1.807) is 0 Å². The van der Waals surface area contributed by atoms with Crippen LogP contribution in [0.1, 0.15) is 45.4 Å². The van der Waals surface area contributed by atoms with E-state index in [2.05, 4.69) is 18.3 Å². The number of ether oxygens (including phenoxy) is 1. The van der Waals surface area contributed by atoms with E-state index in [1.807, 2.05) is 0 Å². The Bertz CT molecular complexity index is 336. The van der Waals surface area contributed by atoms with Gasteiger partial charge in [0.25, 0.3) is 0 Å². The van der Waals surface area contributed by atoms with Gasteiger partial charge in [-0.25, -0.2) is 0 Å². The van der Waals surface area contributed by atoms with Crippen LogP contribution in [-0.4, -0.2) is 25.2 Å². The van der Waals surface area contributed by atoms with E-state index in [1.165, 1.54) is 6.42 Å². The van der Waals surface area contributed by atoms with E-state index in [0.29, 0.717) is 25.3 Å². The number of nitriles is 1. The molecule has 0 radical (unpaired) electrons. The Kier molecular flexibility index (Phi) is 4.23. The van der Waals surface area contributed by atoms with Crippen molar-refractivity contribution < 1.29 is 9.53 Å².